The Bertz CT molecular complexity index is 166. The Morgan fingerprint density at radius 2 is 2.31 bits per heavy atom. The standard InChI is InChI=1S/C10H19NO2/c1-2-9(11)10(12)13-7-6-8-4-3-5-8/h8-9H,2-7,11H2,1H3/t9-/m1/s1. The Hall–Kier alpha value is -0.570. The number of esters is 1. The molecule has 1 fully saturated rings. The number of hydrogen-bond acceptors (Lipinski definition) is 3. The van der Waals surface area contributed by atoms with Gasteiger partial charge in [0, 0.05) is 0 Å². The summed E-state index contributed by atoms with van der Waals surface area (Å²) in [6.45, 7) is 2.44. The van der Waals surface area contributed by atoms with Gasteiger partial charge in [-0.3, -0.25) is 4.79 Å². The van der Waals surface area contributed by atoms with E-state index in [9.17, 15) is 4.79 Å². The monoisotopic (exact) mass is 185 g/mol. The number of nitrogens with two attached hydrogens (primary N) is 1. The maximum absolute atomic E-state index is 11.1. The van der Waals surface area contributed by atoms with E-state index < -0.39 is 6.04 Å². The predicted octanol–water partition coefficient (Wildman–Crippen LogP) is 1.46. The van der Waals surface area contributed by atoms with Gasteiger partial charge in [0.15, 0.2) is 0 Å². The number of hydrogen-bond donors (Lipinski definition) is 1. The SMILES string of the molecule is CC[C@@H](N)C(=O)OCCC1CCC1. The highest BCUT2D eigenvalue weighted by Crippen LogP contribution is 2.29. The molecule has 0 saturated heterocycles. The van der Waals surface area contributed by atoms with Crippen LogP contribution in [-0.2, 0) is 9.53 Å². The summed E-state index contributed by atoms with van der Waals surface area (Å²) in [6, 6.07) is -0.429. The van der Waals surface area contributed by atoms with Crippen LogP contribution >= 0.6 is 0 Å². The molecule has 1 rings (SSSR count). The lowest BCUT2D eigenvalue weighted by atomic mass is 9.83. The van der Waals surface area contributed by atoms with Crippen molar-refractivity contribution < 1.29 is 9.53 Å². The van der Waals surface area contributed by atoms with Gasteiger partial charge < -0.3 is 10.5 Å². The third-order valence-corrected chi connectivity index (χ3v) is 2.74. The van der Waals surface area contributed by atoms with Crippen molar-refractivity contribution in [1.29, 1.82) is 0 Å². The van der Waals surface area contributed by atoms with Gasteiger partial charge in [-0.15, -0.1) is 0 Å². The summed E-state index contributed by atoms with van der Waals surface area (Å²) in [4.78, 5) is 11.1. The Kier molecular flexibility index (Phi) is 4.22. The van der Waals surface area contributed by atoms with Gasteiger partial charge >= 0.3 is 5.97 Å². The van der Waals surface area contributed by atoms with Crippen molar-refractivity contribution in [3.8, 4) is 0 Å². The Labute approximate surface area is 79.6 Å². The van der Waals surface area contributed by atoms with Crippen molar-refractivity contribution in [3.05, 3.63) is 0 Å². The van der Waals surface area contributed by atoms with Crippen LogP contribution in [0.5, 0.6) is 0 Å². The average molecular weight is 185 g/mol. The molecule has 0 unspecified atom stereocenters. The van der Waals surface area contributed by atoms with E-state index in [0.29, 0.717) is 13.0 Å². The lowest BCUT2D eigenvalue weighted by Crippen LogP contribution is -2.32. The maximum Gasteiger partial charge on any atom is 0.322 e. The van der Waals surface area contributed by atoms with Crippen molar-refractivity contribution in [2.24, 2.45) is 11.7 Å². The second kappa shape index (κ2) is 5.22. The normalized spacial score (nSPS) is 19.2. The average Bonchev–Trinajstić information content (AvgIpc) is 2.07. The van der Waals surface area contributed by atoms with E-state index in [4.69, 9.17) is 10.5 Å². The molecule has 0 heterocycles. The van der Waals surface area contributed by atoms with E-state index in [0.717, 1.165) is 12.3 Å². The van der Waals surface area contributed by atoms with E-state index in [1.807, 2.05) is 6.92 Å². The van der Waals surface area contributed by atoms with Crippen LogP contribution < -0.4 is 5.73 Å². The number of ether oxygens (including phenoxy) is 1. The van der Waals surface area contributed by atoms with Crippen LogP contribution in [0.4, 0.5) is 0 Å². The fraction of sp³-hybridized carbons (Fsp3) is 0.900. The zero-order valence-corrected chi connectivity index (χ0v) is 8.29. The lowest BCUT2D eigenvalue weighted by Gasteiger charge is -2.24. The second-order valence-corrected chi connectivity index (χ2v) is 3.77. The molecule has 1 saturated carbocycles. The van der Waals surface area contributed by atoms with Crippen molar-refractivity contribution in [1.82, 2.24) is 0 Å². The third-order valence-electron chi connectivity index (χ3n) is 2.74. The molecule has 0 spiro atoms. The van der Waals surface area contributed by atoms with Crippen LogP contribution in [0.3, 0.4) is 0 Å². The smallest absolute Gasteiger partial charge is 0.322 e. The van der Waals surface area contributed by atoms with Crippen LogP contribution in [-0.4, -0.2) is 18.6 Å². The quantitative estimate of drug-likeness (QED) is 0.660. The highest BCUT2D eigenvalue weighted by Gasteiger charge is 2.18. The molecule has 0 bridgehead atoms. The van der Waals surface area contributed by atoms with Crippen LogP contribution in [0, 0.1) is 5.92 Å². The number of carbonyl (C=O) groups is 1. The minimum absolute atomic E-state index is 0.248. The van der Waals surface area contributed by atoms with Crippen LogP contribution in [0.25, 0.3) is 0 Å². The fourth-order valence-corrected chi connectivity index (χ4v) is 1.38. The molecule has 0 aromatic carbocycles. The van der Waals surface area contributed by atoms with Gasteiger partial charge in [0.2, 0.25) is 0 Å². The van der Waals surface area contributed by atoms with Gasteiger partial charge in [0.25, 0.3) is 0 Å². The molecule has 0 aromatic rings. The molecule has 3 nitrogen and oxygen atoms in total. The molecule has 0 aromatic heterocycles. The molecule has 0 radical (unpaired) electrons. The number of carbonyl (C=O) groups excluding carboxylic acids is 1. The second-order valence-electron chi connectivity index (χ2n) is 3.77. The topological polar surface area (TPSA) is 52.3 Å². The van der Waals surface area contributed by atoms with Crippen LogP contribution in [0.1, 0.15) is 39.0 Å². The van der Waals surface area contributed by atoms with Gasteiger partial charge in [0.1, 0.15) is 6.04 Å². The molecule has 1 atom stereocenters. The molecule has 0 aliphatic heterocycles. The van der Waals surface area contributed by atoms with Crippen molar-refractivity contribution in [2.75, 3.05) is 6.61 Å². The first-order valence-corrected chi connectivity index (χ1v) is 5.16. The largest absolute Gasteiger partial charge is 0.465 e. The highest BCUT2D eigenvalue weighted by molar-refractivity contribution is 5.75. The van der Waals surface area contributed by atoms with Gasteiger partial charge in [-0.2, -0.15) is 0 Å². The minimum Gasteiger partial charge on any atom is -0.465 e. The molecule has 1 aliphatic rings. The molecule has 13 heavy (non-hydrogen) atoms. The van der Waals surface area contributed by atoms with Gasteiger partial charge in [0.05, 0.1) is 6.61 Å². The van der Waals surface area contributed by atoms with E-state index in [1.165, 1.54) is 19.3 Å². The summed E-state index contributed by atoms with van der Waals surface area (Å²) >= 11 is 0. The van der Waals surface area contributed by atoms with Crippen LogP contribution in [0.2, 0.25) is 0 Å². The molecule has 1 aliphatic carbocycles. The lowest BCUT2D eigenvalue weighted by molar-refractivity contribution is -0.145. The third kappa shape index (κ3) is 3.35. The fourth-order valence-electron chi connectivity index (χ4n) is 1.38. The summed E-state index contributed by atoms with van der Waals surface area (Å²) in [6.07, 6.45) is 5.62. The Morgan fingerprint density at radius 3 is 2.77 bits per heavy atom. The Morgan fingerprint density at radius 1 is 1.62 bits per heavy atom. The molecule has 2 N–H and O–H groups in total. The zero-order chi connectivity index (χ0) is 9.68. The molecule has 0 amide bonds. The summed E-state index contributed by atoms with van der Waals surface area (Å²) in [7, 11) is 0. The summed E-state index contributed by atoms with van der Waals surface area (Å²) in [5.74, 6) is 0.549. The summed E-state index contributed by atoms with van der Waals surface area (Å²) in [5, 5.41) is 0. The van der Waals surface area contributed by atoms with E-state index >= 15 is 0 Å². The zero-order valence-electron chi connectivity index (χ0n) is 8.29. The van der Waals surface area contributed by atoms with Crippen molar-refractivity contribution >= 4 is 5.97 Å². The Balaban J connectivity index is 2.00. The first-order valence-electron chi connectivity index (χ1n) is 5.16. The van der Waals surface area contributed by atoms with E-state index in [-0.39, 0.29) is 5.97 Å². The summed E-state index contributed by atoms with van der Waals surface area (Å²) < 4.78 is 5.04. The van der Waals surface area contributed by atoms with Gasteiger partial charge in [-0.05, 0) is 18.8 Å². The highest BCUT2D eigenvalue weighted by atomic mass is 16.5. The molecular weight excluding hydrogens is 166 g/mol. The number of rotatable bonds is 5. The van der Waals surface area contributed by atoms with Gasteiger partial charge in [-0.25, -0.2) is 0 Å². The van der Waals surface area contributed by atoms with E-state index in [1.54, 1.807) is 0 Å². The minimum atomic E-state index is -0.429. The predicted molar refractivity (Wildman–Crippen MR) is 51.2 cm³/mol. The van der Waals surface area contributed by atoms with Gasteiger partial charge in [-0.1, -0.05) is 26.2 Å². The summed E-state index contributed by atoms with van der Waals surface area (Å²) in [5.41, 5.74) is 5.51. The first kappa shape index (κ1) is 10.5. The maximum atomic E-state index is 11.1. The first-order chi connectivity index (χ1) is 6.24. The van der Waals surface area contributed by atoms with Crippen LogP contribution in [0.15, 0.2) is 0 Å². The van der Waals surface area contributed by atoms with Crippen molar-refractivity contribution in [2.45, 2.75) is 45.1 Å². The van der Waals surface area contributed by atoms with E-state index in [2.05, 4.69) is 0 Å². The van der Waals surface area contributed by atoms with Crippen molar-refractivity contribution in [3.63, 3.8) is 0 Å². The molecular formula is C10H19NO2. The molecule has 3 heteroatoms. The molecule has 76 valence electrons.